The molecule has 2 aliphatic heterocycles. The monoisotopic (exact) mass is 664 g/mol. The van der Waals surface area contributed by atoms with E-state index in [1.165, 1.54) is 0 Å². The molecule has 12 nitrogen and oxygen atoms in total. The van der Waals surface area contributed by atoms with E-state index in [2.05, 4.69) is 67.6 Å². The maximum Gasteiger partial charge on any atom is 0.330 e. The fraction of sp³-hybridized carbons (Fsp3) is 0.556. The van der Waals surface area contributed by atoms with Gasteiger partial charge in [-0.2, -0.15) is 0 Å². The van der Waals surface area contributed by atoms with Crippen LogP contribution in [0.5, 0.6) is 0 Å². The van der Waals surface area contributed by atoms with Gasteiger partial charge in [0, 0.05) is 36.1 Å². The first-order chi connectivity index (χ1) is 23.0. The molecule has 0 bridgehead atoms. The zero-order valence-corrected chi connectivity index (χ0v) is 28.2. The number of carbonyl (C=O) groups is 4. The van der Waals surface area contributed by atoms with Crippen LogP contribution in [0.4, 0.5) is 0 Å². The molecule has 9 unspecified atom stereocenters. The number of hydrogen-bond acceptors (Lipinski definition) is 12. The van der Waals surface area contributed by atoms with Gasteiger partial charge in [0.05, 0.1) is 24.2 Å². The van der Waals surface area contributed by atoms with Crippen molar-refractivity contribution in [3.63, 3.8) is 0 Å². The van der Waals surface area contributed by atoms with Gasteiger partial charge in [0.25, 0.3) is 0 Å². The average molecular weight is 665 g/mol. The zero-order chi connectivity index (χ0) is 35.2. The maximum absolute atomic E-state index is 11.7. The summed E-state index contributed by atoms with van der Waals surface area (Å²) in [4.78, 5) is 50.8. The van der Waals surface area contributed by atoms with Crippen LogP contribution in [0.2, 0.25) is 0 Å². The lowest BCUT2D eigenvalue weighted by Crippen LogP contribution is -2.42. The molecule has 1 aliphatic carbocycles. The van der Waals surface area contributed by atoms with E-state index in [1.807, 2.05) is 23.9 Å². The molecule has 48 heavy (non-hydrogen) atoms. The van der Waals surface area contributed by atoms with Crippen LogP contribution in [-0.2, 0) is 38.1 Å². The van der Waals surface area contributed by atoms with E-state index < -0.39 is 23.9 Å². The Morgan fingerprint density at radius 2 is 1.08 bits per heavy atom. The molecule has 260 valence electrons. The minimum atomic E-state index is -0.528. The smallest absolute Gasteiger partial charge is 0.330 e. The van der Waals surface area contributed by atoms with Crippen molar-refractivity contribution in [3.8, 4) is 23.7 Å². The van der Waals surface area contributed by atoms with E-state index in [0.717, 1.165) is 50.0 Å². The van der Waals surface area contributed by atoms with Crippen LogP contribution in [0.25, 0.3) is 0 Å². The number of nitrogens with one attached hydrogen (secondary N) is 2. The average Bonchev–Trinajstić information content (AvgIpc) is 3.58. The predicted octanol–water partition coefficient (Wildman–Crippen LogP) is 1.55. The van der Waals surface area contributed by atoms with Crippen LogP contribution in [0, 0.1) is 41.4 Å². The second-order valence-corrected chi connectivity index (χ2v) is 12.0. The molecule has 3 fully saturated rings. The Morgan fingerprint density at radius 1 is 0.667 bits per heavy atom. The summed E-state index contributed by atoms with van der Waals surface area (Å²) in [7, 11) is 3.79. The van der Waals surface area contributed by atoms with Gasteiger partial charge in [0.1, 0.15) is 38.8 Å². The fourth-order valence-electron chi connectivity index (χ4n) is 6.22. The lowest BCUT2D eigenvalue weighted by molar-refractivity contribution is -0.141. The Hall–Kier alpha value is -4.20. The SMILES string of the molecule is C=CC(=O)OCC1NC(C#CC2CCC(C#CC3NC(COC(=O)C=C)C(COC(=O)C=C)N3C)C(CC)C2)N(C)C1COC(=O)C=C. The molecule has 3 rings (SSSR count). The Morgan fingerprint density at radius 3 is 1.50 bits per heavy atom. The zero-order valence-electron chi connectivity index (χ0n) is 28.2. The molecule has 0 spiro atoms. The minimum absolute atomic E-state index is 0.0809. The molecule has 12 heteroatoms. The largest absolute Gasteiger partial charge is 0.461 e. The standard InChI is InChI=1S/C36H48N4O8/c1-8-25-19-24(14-17-31-37-27(20-45-33(41)9-2)29(39(31)6)22-47-35(43)11-4)13-15-26(25)16-18-32-38-28(21-46-34(42)10-3)30(40(32)7)23-48-36(44)12-5/h9-12,24-32,37-38H,2-5,8,13,15,19-23H2,1,6-7H3. The van der Waals surface area contributed by atoms with Crippen LogP contribution in [0.3, 0.4) is 0 Å². The van der Waals surface area contributed by atoms with E-state index in [9.17, 15) is 19.2 Å². The Bertz CT molecular complexity index is 1340. The number of hydrogen-bond donors (Lipinski definition) is 2. The van der Waals surface area contributed by atoms with Crippen LogP contribution in [-0.4, -0.2) is 111 Å². The Kier molecular flexibility index (Phi) is 15.1. The third kappa shape index (κ3) is 10.7. The van der Waals surface area contributed by atoms with Gasteiger partial charge in [0.15, 0.2) is 0 Å². The minimum Gasteiger partial charge on any atom is -0.461 e. The quantitative estimate of drug-likeness (QED) is 0.128. The highest BCUT2D eigenvalue weighted by Crippen LogP contribution is 2.35. The molecule has 2 saturated heterocycles. The second-order valence-electron chi connectivity index (χ2n) is 12.0. The molecule has 0 aromatic rings. The molecule has 0 amide bonds. The summed E-state index contributed by atoms with van der Waals surface area (Å²) in [5.41, 5.74) is 0. The number of carbonyl (C=O) groups excluding carboxylic acids is 4. The van der Waals surface area contributed by atoms with E-state index >= 15 is 0 Å². The van der Waals surface area contributed by atoms with Crippen LogP contribution in [0.1, 0.15) is 32.6 Å². The van der Waals surface area contributed by atoms with E-state index in [4.69, 9.17) is 18.9 Å². The van der Waals surface area contributed by atoms with Crippen LogP contribution in [0.15, 0.2) is 50.6 Å². The number of likely N-dealkylation sites (N-methyl/N-ethyl adjacent to an activating group) is 2. The molecule has 0 aromatic carbocycles. The van der Waals surface area contributed by atoms with Crippen molar-refractivity contribution >= 4 is 23.9 Å². The first kappa shape index (κ1) is 38.2. The van der Waals surface area contributed by atoms with Gasteiger partial charge in [-0.1, -0.05) is 63.3 Å². The maximum atomic E-state index is 11.7. The molecule has 3 aliphatic rings. The highest BCUT2D eigenvalue weighted by molar-refractivity contribution is 5.82. The molecule has 0 aromatic heterocycles. The number of ether oxygens (including phenoxy) is 4. The van der Waals surface area contributed by atoms with Gasteiger partial charge in [-0.15, -0.1) is 0 Å². The summed E-state index contributed by atoms with van der Waals surface area (Å²) in [5.74, 6) is 12.4. The second kappa shape index (κ2) is 19.0. The van der Waals surface area contributed by atoms with Crippen LogP contribution >= 0.6 is 0 Å². The number of esters is 4. The number of rotatable bonds is 13. The fourth-order valence-corrected chi connectivity index (χ4v) is 6.22. The third-order valence-corrected chi connectivity index (χ3v) is 9.14. The summed E-state index contributed by atoms with van der Waals surface area (Å²) in [6.07, 6.45) is 7.47. The highest BCUT2D eigenvalue weighted by atomic mass is 16.5. The molecule has 9 atom stereocenters. The normalized spacial score (nSPS) is 29.9. The van der Waals surface area contributed by atoms with Gasteiger partial charge in [0.2, 0.25) is 0 Å². The van der Waals surface area contributed by atoms with Crippen molar-refractivity contribution in [2.24, 2.45) is 17.8 Å². The van der Waals surface area contributed by atoms with E-state index in [1.54, 1.807) is 0 Å². The van der Waals surface area contributed by atoms with Gasteiger partial charge >= 0.3 is 23.9 Å². The predicted molar refractivity (Wildman–Crippen MR) is 179 cm³/mol. The van der Waals surface area contributed by atoms with Gasteiger partial charge < -0.3 is 18.9 Å². The van der Waals surface area contributed by atoms with Gasteiger partial charge in [-0.25, -0.2) is 19.2 Å². The molecular weight excluding hydrogens is 616 g/mol. The molecule has 2 N–H and O–H groups in total. The Labute approximate surface area is 283 Å². The molecule has 0 radical (unpaired) electrons. The van der Waals surface area contributed by atoms with E-state index in [0.29, 0.717) is 5.92 Å². The van der Waals surface area contributed by atoms with Gasteiger partial charge in [-0.05, 0) is 39.3 Å². The lowest BCUT2D eigenvalue weighted by atomic mass is 9.73. The van der Waals surface area contributed by atoms with Crippen LogP contribution < -0.4 is 10.6 Å². The van der Waals surface area contributed by atoms with Gasteiger partial charge in [-0.3, -0.25) is 20.4 Å². The molecule has 2 heterocycles. The highest BCUT2D eigenvalue weighted by Gasteiger charge is 2.41. The van der Waals surface area contributed by atoms with Crippen molar-refractivity contribution in [1.29, 1.82) is 0 Å². The summed E-state index contributed by atoms with van der Waals surface area (Å²) < 4.78 is 21.2. The third-order valence-electron chi connectivity index (χ3n) is 9.14. The summed E-state index contributed by atoms with van der Waals surface area (Å²) in [5, 5.41) is 6.83. The van der Waals surface area contributed by atoms with Crippen molar-refractivity contribution in [2.45, 2.75) is 69.1 Å². The number of nitrogens with zero attached hydrogens (tertiary/aromatic N) is 2. The van der Waals surface area contributed by atoms with E-state index in [-0.39, 0.29) is 74.8 Å². The Balaban J connectivity index is 1.65. The topological polar surface area (TPSA) is 136 Å². The molecular formula is C36H48N4O8. The van der Waals surface area contributed by atoms with Crippen molar-refractivity contribution in [2.75, 3.05) is 40.5 Å². The van der Waals surface area contributed by atoms with Crippen molar-refractivity contribution in [1.82, 2.24) is 20.4 Å². The first-order valence-electron chi connectivity index (χ1n) is 16.2. The lowest BCUT2D eigenvalue weighted by Gasteiger charge is -2.31. The summed E-state index contributed by atoms with van der Waals surface area (Å²) >= 11 is 0. The first-order valence-corrected chi connectivity index (χ1v) is 16.2. The van der Waals surface area contributed by atoms with Crippen molar-refractivity contribution < 1.29 is 38.1 Å². The molecule has 1 saturated carbocycles. The summed E-state index contributed by atoms with van der Waals surface area (Å²) in [6, 6.07) is -1.11. The van der Waals surface area contributed by atoms with Crippen molar-refractivity contribution in [3.05, 3.63) is 50.6 Å². The summed E-state index contributed by atoms with van der Waals surface area (Å²) in [6.45, 7) is 16.3.